The van der Waals surface area contributed by atoms with Crippen LogP contribution < -0.4 is 4.90 Å². The predicted octanol–water partition coefficient (Wildman–Crippen LogP) is 3.21. The highest BCUT2D eigenvalue weighted by Gasteiger charge is 2.22. The van der Waals surface area contributed by atoms with Gasteiger partial charge in [0, 0.05) is 50.2 Å². The molecule has 0 saturated carbocycles. The summed E-state index contributed by atoms with van der Waals surface area (Å²) in [7, 11) is 2.16. The van der Waals surface area contributed by atoms with Crippen molar-refractivity contribution in [3.05, 3.63) is 42.2 Å². The molecule has 0 amide bonds. The van der Waals surface area contributed by atoms with Crippen LogP contribution in [-0.2, 0) is 6.42 Å². The van der Waals surface area contributed by atoms with E-state index in [0.29, 0.717) is 0 Å². The molecular formula is C21H26N6O. The van der Waals surface area contributed by atoms with Crippen molar-refractivity contribution in [2.24, 2.45) is 0 Å². The van der Waals surface area contributed by atoms with Gasteiger partial charge in [-0.1, -0.05) is 12.1 Å². The monoisotopic (exact) mass is 378 g/mol. The summed E-state index contributed by atoms with van der Waals surface area (Å²) in [4.78, 5) is 18.5. The van der Waals surface area contributed by atoms with Gasteiger partial charge in [-0.2, -0.15) is 0 Å². The zero-order chi connectivity index (χ0) is 19.5. The van der Waals surface area contributed by atoms with E-state index in [1.54, 1.807) is 12.4 Å². The molecule has 1 fully saturated rings. The van der Waals surface area contributed by atoms with Crippen molar-refractivity contribution in [1.29, 1.82) is 0 Å². The molecule has 3 aromatic heterocycles. The molecule has 0 aromatic carbocycles. The van der Waals surface area contributed by atoms with Crippen molar-refractivity contribution in [3.63, 3.8) is 0 Å². The van der Waals surface area contributed by atoms with E-state index in [1.807, 2.05) is 25.3 Å². The van der Waals surface area contributed by atoms with Gasteiger partial charge in [0.25, 0.3) is 0 Å². The SMILES string of the molecule is CCc1onc(C)c1-c1nc(N2CCCN(C)CC2)ncc1-c1ccncc1. The Morgan fingerprint density at radius 1 is 1.11 bits per heavy atom. The van der Waals surface area contributed by atoms with E-state index in [-0.39, 0.29) is 0 Å². The fourth-order valence-electron chi connectivity index (χ4n) is 3.67. The predicted molar refractivity (Wildman–Crippen MR) is 109 cm³/mol. The van der Waals surface area contributed by atoms with E-state index >= 15 is 0 Å². The van der Waals surface area contributed by atoms with Crippen LogP contribution in [0.2, 0.25) is 0 Å². The molecule has 146 valence electrons. The van der Waals surface area contributed by atoms with Gasteiger partial charge in [-0.05, 0) is 44.6 Å². The lowest BCUT2D eigenvalue weighted by molar-refractivity contribution is 0.360. The molecular weight excluding hydrogens is 352 g/mol. The van der Waals surface area contributed by atoms with Gasteiger partial charge in [-0.3, -0.25) is 4.98 Å². The molecule has 4 rings (SSSR count). The third-order valence-corrected chi connectivity index (χ3v) is 5.26. The normalized spacial score (nSPS) is 15.6. The van der Waals surface area contributed by atoms with E-state index in [1.165, 1.54) is 0 Å². The van der Waals surface area contributed by atoms with E-state index in [9.17, 15) is 0 Å². The second-order valence-electron chi connectivity index (χ2n) is 7.23. The van der Waals surface area contributed by atoms with Gasteiger partial charge in [0.05, 0.1) is 17.0 Å². The minimum atomic E-state index is 0.764. The molecule has 28 heavy (non-hydrogen) atoms. The summed E-state index contributed by atoms with van der Waals surface area (Å²) < 4.78 is 5.57. The maximum Gasteiger partial charge on any atom is 0.225 e. The topological polar surface area (TPSA) is 71.2 Å². The molecule has 0 unspecified atom stereocenters. The van der Waals surface area contributed by atoms with Crippen molar-refractivity contribution < 1.29 is 4.52 Å². The molecule has 1 aliphatic heterocycles. The summed E-state index contributed by atoms with van der Waals surface area (Å²) in [6.07, 6.45) is 7.37. The summed E-state index contributed by atoms with van der Waals surface area (Å²) in [5, 5.41) is 4.20. The van der Waals surface area contributed by atoms with Crippen LogP contribution in [0, 0.1) is 6.92 Å². The Kier molecular flexibility index (Phi) is 5.34. The second-order valence-corrected chi connectivity index (χ2v) is 7.23. The van der Waals surface area contributed by atoms with Gasteiger partial charge >= 0.3 is 0 Å². The summed E-state index contributed by atoms with van der Waals surface area (Å²) in [5.74, 6) is 1.62. The summed E-state index contributed by atoms with van der Waals surface area (Å²) in [6.45, 7) is 8.04. The van der Waals surface area contributed by atoms with Crippen molar-refractivity contribution in [2.75, 3.05) is 38.1 Å². The largest absolute Gasteiger partial charge is 0.360 e. The standard InChI is InChI=1S/C21H26N6O/c1-4-18-19(15(2)25-28-18)20-17(16-6-8-22-9-7-16)14-23-21(24-20)27-11-5-10-26(3)12-13-27/h6-9,14H,4-5,10-13H2,1-3H3. The first-order valence-electron chi connectivity index (χ1n) is 9.83. The smallest absolute Gasteiger partial charge is 0.225 e. The van der Waals surface area contributed by atoms with Crippen LogP contribution in [0.3, 0.4) is 0 Å². The van der Waals surface area contributed by atoms with Crippen LogP contribution in [0.25, 0.3) is 22.4 Å². The Hall–Kier alpha value is -2.80. The Labute approximate surface area is 165 Å². The second kappa shape index (κ2) is 8.06. The number of nitrogens with zero attached hydrogens (tertiary/aromatic N) is 6. The molecule has 7 nitrogen and oxygen atoms in total. The number of aryl methyl sites for hydroxylation is 2. The molecule has 1 aliphatic rings. The van der Waals surface area contributed by atoms with Gasteiger partial charge in [0.15, 0.2) is 0 Å². The van der Waals surface area contributed by atoms with Crippen LogP contribution in [0.5, 0.6) is 0 Å². The zero-order valence-electron chi connectivity index (χ0n) is 16.7. The molecule has 3 aromatic rings. The molecule has 0 atom stereocenters. The van der Waals surface area contributed by atoms with Crippen molar-refractivity contribution in [2.45, 2.75) is 26.7 Å². The van der Waals surface area contributed by atoms with E-state index in [2.05, 4.69) is 33.9 Å². The van der Waals surface area contributed by atoms with Crippen LogP contribution in [0.4, 0.5) is 5.95 Å². The fourth-order valence-corrected chi connectivity index (χ4v) is 3.67. The number of aromatic nitrogens is 4. The Bertz CT molecular complexity index is 939. The molecule has 0 aliphatic carbocycles. The number of rotatable bonds is 4. The fraction of sp³-hybridized carbons (Fsp3) is 0.429. The molecule has 0 bridgehead atoms. The Balaban J connectivity index is 1.83. The van der Waals surface area contributed by atoms with E-state index < -0.39 is 0 Å². The lowest BCUT2D eigenvalue weighted by Gasteiger charge is -2.22. The van der Waals surface area contributed by atoms with Crippen LogP contribution in [0.1, 0.15) is 24.8 Å². The van der Waals surface area contributed by atoms with E-state index in [0.717, 1.165) is 78.8 Å². The van der Waals surface area contributed by atoms with Crippen LogP contribution in [0.15, 0.2) is 35.2 Å². The summed E-state index contributed by atoms with van der Waals surface area (Å²) in [5.41, 5.74) is 4.72. The third-order valence-electron chi connectivity index (χ3n) is 5.26. The van der Waals surface area contributed by atoms with Crippen molar-refractivity contribution in [3.8, 4) is 22.4 Å². The molecule has 7 heteroatoms. The maximum atomic E-state index is 5.57. The van der Waals surface area contributed by atoms with Gasteiger partial charge in [-0.25, -0.2) is 9.97 Å². The average molecular weight is 378 g/mol. The Morgan fingerprint density at radius 2 is 1.93 bits per heavy atom. The molecule has 0 spiro atoms. The van der Waals surface area contributed by atoms with E-state index in [4.69, 9.17) is 14.5 Å². The number of pyridine rings is 1. The van der Waals surface area contributed by atoms with Crippen molar-refractivity contribution in [1.82, 2.24) is 25.0 Å². The minimum Gasteiger partial charge on any atom is -0.360 e. The first kappa shape index (κ1) is 18.6. The highest BCUT2D eigenvalue weighted by atomic mass is 16.5. The maximum absolute atomic E-state index is 5.57. The molecule has 0 radical (unpaired) electrons. The lowest BCUT2D eigenvalue weighted by atomic mass is 10.00. The zero-order valence-corrected chi connectivity index (χ0v) is 16.7. The van der Waals surface area contributed by atoms with Crippen LogP contribution in [-0.4, -0.2) is 58.2 Å². The minimum absolute atomic E-state index is 0.764. The molecule has 0 N–H and O–H groups in total. The third kappa shape index (κ3) is 3.62. The number of hydrogen-bond donors (Lipinski definition) is 0. The van der Waals surface area contributed by atoms with Gasteiger partial charge < -0.3 is 14.3 Å². The van der Waals surface area contributed by atoms with Gasteiger partial charge in [-0.15, -0.1) is 0 Å². The van der Waals surface area contributed by atoms with Crippen LogP contribution >= 0.6 is 0 Å². The molecule has 1 saturated heterocycles. The summed E-state index contributed by atoms with van der Waals surface area (Å²) in [6, 6.07) is 3.97. The number of likely N-dealkylation sites (N-methyl/N-ethyl adjacent to an activating group) is 1. The lowest BCUT2D eigenvalue weighted by Crippen LogP contribution is -2.30. The van der Waals surface area contributed by atoms with Gasteiger partial charge in [0.2, 0.25) is 5.95 Å². The highest BCUT2D eigenvalue weighted by molar-refractivity contribution is 5.82. The average Bonchev–Trinajstić information content (AvgIpc) is 2.96. The number of anilines is 1. The Morgan fingerprint density at radius 3 is 2.71 bits per heavy atom. The first-order valence-corrected chi connectivity index (χ1v) is 9.83. The molecule has 4 heterocycles. The number of hydrogen-bond acceptors (Lipinski definition) is 7. The van der Waals surface area contributed by atoms with Gasteiger partial charge in [0.1, 0.15) is 5.76 Å². The summed E-state index contributed by atoms with van der Waals surface area (Å²) >= 11 is 0. The highest BCUT2D eigenvalue weighted by Crippen LogP contribution is 2.35. The first-order chi connectivity index (χ1) is 13.7. The van der Waals surface area contributed by atoms with Crippen molar-refractivity contribution >= 4 is 5.95 Å². The quantitative estimate of drug-likeness (QED) is 0.690.